The van der Waals surface area contributed by atoms with Crippen molar-refractivity contribution in [3.8, 4) is 0 Å². The number of aldehydes is 1. The summed E-state index contributed by atoms with van der Waals surface area (Å²) < 4.78 is 18.6. The molecule has 0 spiro atoms. The van der Waals surface area contributed by atoms with Gasteiger partial charge in [0.1, 0.15) is 24.8 Å². The predicted molar refractivity (Wildman–Crippen MR) is 79.7 cm³/mol. The second-order valence-corrected chi connectivity index (χ2v) is 4.83. The fourth-order valence-corrected chi connectivity index (χ4v) is 1.89. The first-order chi connectivity index (χ1) is 10.6. The number of hydrogen-bond acceptors (Lipinski definition) is 3. The van der Waals surface area contributed by atoms with E-state index >= 15 is 0 Å². The van der Waals surface area contributed by atoms with E-state index in [4.69, 9.17) is 4.74 Å². The Labute approximate surface area is 127 Å². The van der Waals surface area contributed by atoms with Gasteiger partial charge in [-0.2, -0.15) is 0 Å². The molecular formula is C17H16FNO3. The number of carbonyl (C=O) groups excluding carboxylic acids is 2. The van der Waals surface area contributed by atoms with E-state index in [9.17, 15) is 14.0 Å². The van der Waals surface area contributed by atoms with Gasteiger partial charge in [0.05, 0.1) is 0 Å². The summed E-state index contributed by atoms with van der Waals surface area (Å²) in [6.07, 6.45) is -0.199. The molecule has 0 fully saturated rings. The number of halogens is 1. The molecule has 114 valence electrons. The Bertz CT molecular complexity index is 658. The van der Waals surface area contributed by atoms with Crippen molar-refractivity contribution in [3.63, 3.8) is 0 Å². The third-order valence-corrected chi connectivity index (χ3v) is 3.18. The molecule has 2 aromatic rings. The summed E-state index contributed by atoms with van der Waals surface area (Å²) in [7, 11) is 0. The predicted octanol–water partition coefficient (Wildman–Crippen LogP) is 3.30. The van der Waals surface area contributed by atoms with Gasteiger partial charge >= 0.3 is 6.09 Å². The van der Waals surface area contributed by atoms with Gasteiger partial charge in [0.15, 0.2) is 0 Å². The molecular weight excluding hydrogens is 285 g/mol. The molecule has 0 bridgehead atoms. The van der Waals surface area contributed by atoms with Crippen molar-refractivity contribution in [3.05, 3.63) is 71.0 Å². The minimum atomic E-state index is -0.946. The van der Waals surface area contributed by atoms with Crippen molar-refractivity contribution in [2.75, 3.05) is 0 Å². The summed E-state index contributed by atoms with van der Waals surface area (Å²) in [5, 5.41) is 2.40. The lowest BCUT2D eigenvalue weighted by Gasteiger charge is -2.14. The third-order valence-electron chi connectivity index (χ3n) is 3.18. The highest BCUT2D eigenvalue weighted by Gasteiger charge is 2.15. The number of benzene rings is 2. The molecule has 0 aromatic heterocycles. The van der Waals surface area contributed by atoms with Crippen LogP contribution in [0.5, 0.6) is 0 Å². The highest BCUT2D eigenvalue weighted by atomic mass is 19.1. The topological polar surface area (TPSA) is 55.4 Å². The van der Waals surface area contributed by atoms with Crippen molar-refractivity contribution in [2.45, 2.75) is 19.6 Å². The molecule has 0 aliphatic heterocycles. The van der Waals surface area contributed by atoms with E-state index in [2.05, 4.69) is 5.32 Å². The fourth-order valence-electron chi connectivity index (χ4n) is 1.89. The highest BCUT2D eigenvalue weighted by Crippen LogP contribution is 2.15. The summed E-state index contributed by atoms with van der Waals surface area (Å²) in [4.78, 5) is 22.8. The van der Waals surface area contributed by atoms with Gasteiger partial charge in [-0.05, 0) is 29.7 Å². The smallest absolute Gasteiger partial charge is 0.408 e. The van der Waals surface area contributed by atoms with Crippen LogP contribution in [-0.4, -0.2) is 12.4 Å². The minimum absolute atomic E-state index is 0.0977. The zero-order valence-corrected chi connectivity index (χ0v) is 12.1. The Morgan fingerprint density at radius 2 is 2.00 bits per heavy atom. The number of nitrogens with one attached hydrogen (secondary N) is 1. The van der Waals surface area contributed by atoms with Crippen molar-refractivity contribution in [2.24, 2.45) is 0 Å². The Balaban J connectivity index is 1.96. The van der Waals surface area contributed by atoms with Gasteiger partial charge < -0.3 is 14.8 Å². The summed E-state index contributed by atoms with van der Waals surface area (Å²) in [5.74, 6) is -0.427. The number of ether oxygens (including phenoxy) is 1. The van der Waals surface area contributed by atoms with Crippen LogP contribution in [0.15, 0.2) is 48.5 Å². The van der Waals surface area contributed by atoms with Gasteiger partial charge in [-0.25, -0.2) is 9.18 Å². The van der Waals surface area contributed by atoms with Crippen LogP contribution in [0.2, 0.25) is 0 Å². The minimum Gasteiger partial charge on any atom is -0.445 e. The number of amides is 1. The standard InChI is InChI=1S/C17H16FNO3/c1-12-7-8-14(9-15(12)18)16(10-20)19-17(21)22-11-13-5-3-2-4-6-13/h2-10,16H,11H2,1H3,(H,19,21). The van der Waals surface area contributed by atoms with Crippen LogP contribution in [0, 0.1) is 12.7 Å². The number of hydrogen-bond donors (Lipinski definition) is 1. The lowest BCUT2D eigenvalue weighted by atomic mass is 10.1. The molecule has 2 aromatic carbocycles. The highest BCUT2D eigenvalue weighted by molar-refractivity contribution is 5.74. The maximum Gasteiger partial charge on any atom is 0.408 e. The molecule has 5 heteroatoms. The van der Waals surface area contributed by atoms with Gasteiger partial charge in [-0.15, -0.1) is 0 Å². The zero-order chi connectivity index (χ0) is 15.9. The van der Waals surface area contributed by atoms with Gasteiger partial charge in [0.2, 0.25) is 0 Å². The van der Waals surface area contributed by atoms with Crippen LogP contribution >= 0.6 is 0 Å². The first-order valence-corrected chi connectivity index (χ1v) is 6.78. The van der Waals surface area contributed by atoms with Gasteiger partial charge in [0.25, 0.3) is 0 Å². The fraction of sp³-hybridized carbons (Fsp3) is 0.176. The van der Waals surface area contributed by atoms with E-state index in [-0.39, 0.29) is 6.61 Å². The summed E-state index contributed by atoms with van der Waals surface area (Å²) in [5.41, 5.74) is 1.68. The molecule has 2 rings (SSSR count). The van der Waals surface area contributed by atoms with E-state index < -0.39 is 18.0 Å². The van der Waals surface area contributed by atoms with E-state index in [1.807, 2.05) is 30.3 Å². The lowest BCUT2D eigenvalue weighted by Crippen LogP contribution is -2.30. The van der Waals surface area contributed by atoms with Crippen molar-refractivity contribution in [1.29, 1.82) is 0 Å². The second-order valence-electron chi connectivity index (χ2n) is 4.83. The quantitative estimate of drug-likeness (QED) is 0.862. The summed E-state index contributed by atoms with van der Waals surface area (Å²) in [6, 6.07) is 12.6. The molecule has 1 atom stereocenters. The second kappa shape index (κ2) is 7.36. The third kappa shape index (κ3) is 4.15. The maximum absolute atomic E-state index is 13.5. The molecule has 0 saturated carbocycles. The Morgan fingerprint density at radius 3 is 2.64 bits per heavy atom. The number of alkyl carbamates (subject to hydrolysis) is 1. The SMILES string of the molecule is Cc1ccc(C(C=O)NC(=O)OCc2ccccc2)cc1F. The Morgan fingerprint density at radius 1 is 1.27 bits per heavy atom. The van der Waals surface area contributed by atoms with Crippen LogP contribution in [-0.2, 0) is 16.1 Å². The van der Waals surface area contributed by atoms with Crippen LogP contribution in [0.4, 0.5) is 9.18 Å². The van der Waals surface area contributed by atoms with Crippen molar-refractivity contribution < 1.29 is 18.7 Å². The molecule has 22 heavy (non-hydrogen) atoms. The van der Waals surface area contributed by atoms with Gasteiger partial charge in [-0.3, -0.25) is 0 Å². The maximum atomic E-state index is 13.5. The summed E-state index contributed by atoms with van der Waals surface area (Å²) in [6.45, 7) is 1.72. The first kappa shape index (κ1) is 15.7. The zero-order valence-electron chi connectivity index (χ0n) is 12.1. The van der Waals surface area contributed by atoms with Crippen LogP contribution in [0.1, 0.15) is 22.7 Å². The largest absolute Gasteiger partial charge is 0.445 e. The molecule has 0 aliphatic rings. The first-order valence-electron chi connectivity index (χ1n) is 6.78. The molecule has 4 nitrogen and oxygen atoms in total. The Kier molecular flexibility index (Phi) is 5.25. The van der Waals surface area contributed by atoms with Crippen LogP contribution in [0.25, 0.3) is 0 Å². The molecule has 1 amide bonds. The monoisotopic (exact) mass is 301 g/mol. The number of carbonyl (C=O) groups is 2. The molecule has 0 radical (unpaired) electrons. The van der Waals surface area contributed by atoms with Gasteiger partial charge in [-0.1, -0.05) is 42.5 Å². The Hall–Kier alpha value is -2.69. The number of rotatable bonds is 5. The molecule has 1 unspecified atom stereocenters. The lowest BCUT2D eigenvalue weighted by molar-refractivity contribution is -0.109. The van der Waals surface area contributed by atoms with E-state index in [1.165, 1.54) is 6.07 Å². The average Bonchev–Trinajstić information content (AvgIpc) is 2.54. The molecule has 1 N–H and O–H groups in total. The van der Waals surface area contributed by atoms with E-state index in [0.29, 0.717) is 17.4 Å². The molecule has 0 heterocycles. The average molecular weight is 301 g/mol. The van der Waals surface area contributed by atoms with Crippen LogP contribution in [0.3, 0.4) is 0 Å². The normalized spacial score (nSPS) is 11.5. The van der Waals surface area contributed by atoms with Crippen molar-refractivity contribution in [1.82, 2.24) is 5.32 Å². The molecule has 0 aliphatic carbocycles. The molecule has 0 saturated heterocycles. The summed E-state index contributed by atoms with van der Waals surface area (Å²) >= 11 is 0. The van der Waals surface area contributed by atoms with Crippen molar-refractivity contribution >= 4 is 12.4 Å². The number of aryl methyl sites for hydroxylation is 1. The van der Waals surface area contributed by atoms with Gasteiger partial charge in [0, 0.05) is 0 Å². The van der Waals surface area contributed by atoms with E-state index in [0.717, 1.165) is 5.56 Å². The van der Waals surface area contributed by atoms with Crippen LogP contribution < -0.4 is 5.32 Å². The van der Waals surface area contributed by atoms with E-state index in [1.54, 1.807) is 19.1 Å².